The first-order valence-corrected chi connectivity index (χ1v) is 6.38. The number of aliphatic hydroxyl groups is 1. The first-order valence-electron chi connectivity index (χ1n) is 5.59. The van der Waals surface area contributed by atoms with Crippen molar-refractivity contribution in [3.05, 3.63) is 69.4 Å². The van der Waals surface area contributed by atoms with E-state index in [1.807, 2.05) is 0 Å². The van der Waals surface area contributed by atoms with Crippen molar-refractivity contribution in [1.82, 2.24) is 0 Å². The Morgan fingerprint density at radius 3 is 2.25 bits per heavy atom. The molecule has 20 heavy (non-hydrogen) atoms. The van der Waals surface area contributed by atoms with Gasteiger partial charge in [-0.25, -0.2) is 4.39 Å². The summed E-state index contributed by atoms with van der Waals surface area (Å²) in [6.07, 6.45) is -6.05. The first-order chi connectivity index (χ1) is 9.29. The number of alkyl halides is 3. The molecule has 1 atom stereocenters. The average molecular weight is 349 g/mol. The molecule has 0 aromatic heterocycles. The molecule has 0 aliphatic carbocycles. The van der Waals surface area contributed by atoms with Crippen LogP contribution in [0.2, 0.25) is 0 Å². The van der Waals surface area contributed by atoms with Gasteiger partial charge in [-0.2, -0.15) is 13.2 Å². The zero-order chi connectivity index (χ0) is 14.9. The third kappa shape index (κ3) is 3.19. The highest BCUT2D eigenvalue weighted by Gasteiger charge is 2.34. The minimum Gasteiger partial charge on any atom is -0.384 e. The molecule has 0 saturated carbocycles. The van der Waals surface area contributed by atoms with Crippen LogP contribution in [0.3, 0.4) is 0 Å². The predicted molar refractivity (Wildman–Crippen MR) is 69.6 cm³/mol. The van der Waals surface area contributed by atoms with Crippen LogP contribution in [0, 0.1) is 5.82 Å². The number of hydrogen-bond acceptors (Lipinski definition) is 1. The van der Waals surface area contributed by atoms with Crippen molar-refractivity contribution >= 4 is 15.9 Å². The van der Waals surface area contributed by atoms with E-state index in [0.29, 0.717) is 22.2 Å². The Hall–Kier alpha value is -1.40. The van der Waals surface area contributed by atoms with E-state index in [-0.39, 0.29) is 5.56 Å². The SMILES string of the molecule is OC(c1cccc(Br)c1)c1ccc(F)c(C(F)(F)F)c1. The fourth-order valence-corrected chi connectivity index (χ4v) is 2.22. The van der Waals surface area contributed by atoms with Gasteiger partial charge in [0.25, 0.3) is 0 Å². The molecule has 1 N–H and O–H groups in total. The van der Waals surface area contributed by atoms with Crippen LogP contribution < -0.4 is 0 Å². The first kappa shape index (κ1) is 15.0. The highest BCUT2D eigenvalue weighted by atomic mass is 79.9. The molecule has 2 aromatic carbocycles. The lowest BCUT2D eigenvalue weighted by atomic mass is 9.99. The Kier molecular flexibility index (Phi) is 4.15. The molecule has 0 saturated heterocycles. The van der Waals surface area contributed by atoms with Crippen LogP contribution in [-0.4, -0.2) is 5.11 Å². The summed E-state index contributed by atoms with van der Waals surface area (Å²) >= 11 is 3.21. The molecule has 0 fully saturated rings. The fourth-order valence-electron chi connectivity index (χ4n) is 1.80. The molecule has 0 heterocycles. The Morgan fingerprint density at radius 1 is 1.00 bits per heavy atom. The molecule has 1 unspecified atom stereocenters. The van der Waals surface area contributed by atoms with Gasteiger partial charge < -0.3 is 5.11 Å². The molecule has 1 nitrogen and oxygen atoms in total. The van der Waals surface area contributed by atoms with Crippen LogP contribution in [0.5, 0.6) is 0 Å². The van der Waals surface area contributed by atoms with Gasteiger partial charge in [-0.05, 0) is 35.4 Å². The van der Waals surface area contributed by atoms with E-state index in [2.05, 4.69) is 15.9 Å². The quantitative estimate of drug-likeness (QED) is 0.780. The van der Waals surface area contributed by atoms with Gasteiger partial charge >= 0.3 is 6.18 Å². The Labute approximate surface area is 121 Å². The number of benzene rings is 2. The minimum absolute atomic E-state index is 0.0168. The summed E-state index contributed by atoms with van der Waals surface area (Å²) in [4.78, 5) is 0. The third-order valence-electron chi connectivity index (χ3n) is 2.78. The number of aliphatic hydroxyl groups excluding tert-OH is 1. The van der Waals surface area contributed by atoms with E-state index in [4.69, 9.17) is 0 Å². The highest BCUT2D eigenvalue weighted by Crippen LogP contribution is 2.34. The van der Waals surface area contributed by atoms with E-state index < -0.39 is 23.7 Å². The summed E-state index contributed by atoms with van der Waals surface area (Å²) in [5, 5.41) is 10.1. The zero-order valence-electron chi connectivity index (χ0n) is 9.96. The number of rotatable bonds is 2. The normalized spacial score (nSPS) is 13.3. The van der Waals surface area contributed by atoms with Crippen LogP contribution in [0.25, 0.3) is 0 Å². The average Bonchev–Trinajstić information content (AvgIpc) is 2.37. The Balaban J connectivity index is 2.43. The monoisotopic (exact) mass is 348 g/mol. The van der Waals surface area contributed by atoms with Gasteiger partial charge in [0.2, 0.25) is 0 Å². The van der Waals surface area contributed by atoms with Crippen LogP contribution in [0.15, 0.2) is 46.9 Å². The van der Waals surface area contributed by atoms with Crippen molar-refractivity contribution < 1.29 is 22.7 Å². The predicted octanol–water partition coefficient (Wildman–Crippen LogP) is 4.69. The molecule has 0 aliphatic rings. The molecule has 106 valence electrons. The summed E-state index contributed by atoms with van der Waals surface area (Å²) in [6, 6.07) is 9.00. The van der Waals surface area contributed by atoms with Crippen molar-refractivity contribution in [3.8, 4) is 0 Å². The molecular formula is C14H9BrF4O. The fraction of sp³-hybridized carbons (Fsp3) is 0.143. The standard InChI is InChI=1S/C14H9BrF4O/c15-10-3-1-2-8(6-10)13(20)9-4-5-12(16)11(7-9)14(17,18)19/h1-7,13,20H. The van der Waals surface area contributed by atoms with E-state index in [1.54, 1.807) is 24.3 Å². The molecule has 0 spiro atoms. The lowest BCUT2D eigenvalue weighted by molar-refractivity contribution is -0.140. The largest absolute Gasteiger partial charge is 0.419 e. The molecule has 6 heteroatoms. The van der Waals surface area contributed by atoms with Crippen molar-refractivity contribution in [2.45, 2.75) is 12.3 Å². The van der Waals surface area contributed by atoms with E-state index in [0.717, 1.165) is 6.07 Å². The van der Waals surface area contributed by atoms with Gasteiger partial charge in [-0.15, -0.1) is 0 Å². The van der Waals surface area contributed by atoms with Gasteiger partial charge in [-0.3, -0.25) is 0 Å². The lowest BCUT2D eigenvalue weighted by Crippen LogP contribution is -2.10. The topological polar surface area (TPSA) is 20.2 Å². The molecule has 2 aromatic rings. The minimum atomic E-state index is -4.79. The summed E-state index contributed by atoms with van der Waals surface area (Å²) in [6.45, 7) is 0. The van der Waals surface area contributed by atoms with Crippen LogP contribution in [0.4, 0.5) is 17.6 Å². The second-order valence-corrected chi connectivity index (χ2v) is 5.11. The third-order valence-corrected chi connectivity index (χ3v) is 3.27. The van der Waals surface area contributed by atoms with Gasteiger partial charge in [0, 0.05) is 4.47 Å². The molecule has 0 aliphatic heterocycles. The maximum Gasteiger partial charge on any atom is 0.419 e. The Morgan fingerprint density at radius 2 is 1.65 bits per heavy atom. The highest BCUT2D eigenvalue weighted by molar-refractivity contribution is 9.10. The summed E-state index contributed by atoms with van der Waals surface area (Å²) in [7, 11) is 0. The molecular weight excluding hydrogens is 340 g/mol. The van der Waals surface area contributed by atoms with Crippen LogP contribution in [0.1, 0.15) is 22.8 Å². The molecule has 2 rings (SSSR count). The van der Waals surface area contributed by atoms with E-state index in [9.17, 15) is 22.7 Å². The summed E-state index contributed by atoms with van der Waals surface area (Å²) < 4.78 is 51.8. The second-order valence-electron chi connectivity index (χ2n) is 4.19. The molecule has 0 radical (unpaired) electrons. The second kappa shape index (κ2) is 5.54. The van der Waals surface area contributed by atoms with Crippen molar-refractivity contribution in [2.24, 2.45) is 0 Å². The molecule has 0 bridgehead atoms. The van der Waals surface area contributed by atoms with Gasteiger partial charge in [0.05, 0.1) is 5.56 Å². The number of hydrogen-bond donors (Lipinski definition) is 1. The smallest absolute Gasteiger partial charge is 0.384 e. The Bertz CT molecular complexity index is 625. The zero-order valence-corrected chi connectivity index (χ0v) is 11.5. The number of halogens is 5. The maximum atomic E-state index is 13.2. The van der Waals surface area contributed by atoms with Gasteiger partial charge in [-0.1, -0.05) is 34.1 Å². The molecule has 0 amide bonds. The van der Waals surface area contributed by atoms with Crippen molar-refractivity contribution in [2.75, 3.05) is 0 Å². The maximum absolute atomic E-state index is 13.2. The lowest BCUT2D eigenvalue weighted by Gasteiger charge is -2.15. The van der Waals surface area contributed by atoms with Gasteiger partial charge in [0.1, 0.15) is 11.9 Å². The van der Waals surface area contributed by atoms with Crippen LogP contribution in [-0.2, 0) is 6.18 Å². The van der Waals surface area contributed by atoms with Crippen molar-refractivity contribution in [1.29, 1.82) is 0 Å². The van der Waals surface area contributed by atoms with E-state index >= 15 is 0 Å². The van der Waals surface area contributed by atoms with Crippen molar-refractivity contribution in [3.63, 3.8) is 0 Å². The summed E-state index contributed by atoms with van der Waals surface area (Å²) in [5.41, 5.74) is -0.986. The summed E-state index contributed by atoms with van der Waals surface area (Å²) in [5.74, 6) is -1.36. The van der Waals surface area contributed by atoms with Gasteiger partial charge in [0.15, 0.2) is 0 Å². The van der Waals surface area contributed by atoms with E-state index in [1.165, 1.54) is 0 Å². The van der Waals surface area contributed by atoms with Crippen LogP contribution >= 0.6 is 15.9 Å².